The summed E-state index contributed by atoms with van der Waals surface area (Å²) in [6, 6.07) is 4.76. The first kappa shape index (κ1) is 12.0. The second-order valence-corrected chi connectivity index (χ2v) is 5.08. The molecule has 3 rings (SSSR count). The van der Waals surface area contributed by atoms with E-state index in [0.717, 1.165) is 8.96 Å². The van der Waals surface area contributed by atoms with E-state index < -0.39 is 5.97 Å². The van der Waals surface area contributed by atoms with Crippen LogP contribution in [0.15, 0.2) is 36.9 Å². The number of rotatable bonds is 2. The maximum absolute atomic E-state index is 10.9. The molecule has 0 radical (unpaired) electrons. The Kier molecular flexibility index (Phi) is 2.90. The normalized spacial score (nSPS) is 10.8. The average molecular weight is 366 g/mol. The van der Waals surface area contributed by atoms with Crippen LogP contribution < -0.4 is 0 Å². The van der Waals surface area contributed by atoms with Crippen LogP contribution in [0.25, 0.3) is 16.7 Å². The van der Waals surface area contributed by atoms with Gasteiger partial charge in [-0.1, -0.05) is 0 Å². The number of carbonyl (C=O) groups is 1. The zero-order chi connectivity index (χ0) is 13.4. The van der Waals surface area contributed by atoms with Crippen molar-refractivity contribution in [3.05, 3.63) is 46.1 Å². The standard InChI is InChI=1S/C12H7IN4O2/c13-8-4-16-17(5-8)11-9-2-1-7(12(18)19)3-10(9)14-6-15-11/h1-6H,(H,18,19). The molecule has 7 heteroatoms. The molecule has 3 aromatic rings. The van der Waals surface area contributed by atoms with E-state index >= 15 is 0 Å². The molecule has 0 saturated heterocycles. The van der Waals surface area contributed by atoms with Gasteiger partial charge in [-0.25, -0.2) is 19.4 Å². The van der Waals surface area contributed by atoms with E-state index in [4.69, 9.17) is 5.11 Å². The van der Waals surface area contributed by atoms with Crippen LogP contribution in [0.5, 0.6) is 0 Å². The fraction of sp³-hybridized carbons (Fsp3) is 0. The van der Waals surface area contributed by atoms with Gasteiger partial charge in [-0.3, -0.25) is 0 Å². The molecule has 6 nitrogen and oxygen atoms in total. The Morgan fingerprint density at radius 2 is 2.16 bits per heavy atom. The molecule has 2 aromatic heterocycles. The molecule has 0 fully saturated rings. The van der Waals surface area contributed by atoms with Gasteiger partial charge in [-0.15, -0.1) is 0 Å². The first-order valence-electron chi connectivity index (χ1n) is 5.34. The molecule has 0 spiro atoms. The minimum absolute atomic E-state index is 0.201. The number of carboxylic acid groups (broad SMARTS) is 1. The fourth-order valence-corrected chi connectivity index (χ4v) is 2.16. The summed E-state index contributed by atoms with van der Waals surface area (Å²) in [4.78, 5) is 19.2. The minimum Gasteiger partial charge on any atom is -0.478 e. The summed E-state index contributed by atoms with van der Waals surface area (Å²) in [5.41, 5.74) is 0.780. The highest BCUT2D eigenvalue weighted by Gasteiger charge is 2.10. The number of nitrogens with zero attached hydrogens (tertiary/aromatic N) is 4. The highest BCUT2D eigenvalue weighted by molar-refractivity contribution is 14.1. The third-order valence-corrected chi connectivity index (χ3v) is 3.19. The van der Waals surface area contributed by atoms with Crippen molar-refractivity contribution in [3.8, 4) is 5.82 Å². The summed E-state index contributed by atoms with van der Waals surface area (Å²) in [6.45, 7) is 0. The van der Waals surface area contributed by atoms with Gasteiger partial charge in [0, 0.05) is 11.6 Å². The number of halogens is 1. The molecular weight excluding hydrogens is 359 g/mol. The number of aromatic nitrogens is 4. The van der Waals surface area contributed by atoms with Crippen molar-refractivity contribution >= 4 is 39.5 Å². The monoisotopic (exact) mass is 366 g/mol. The van der Waals surface area contributed by atoms with Crippen LogP contribution in [0.4, 0.5) is 0 Å². The maximum atomic E-state index is 10.9. The van der Waals surface area contributed by atoms with Crippen LogP contribution in [0, 0.1) is 3.57 Å². The number of fused-ring (bicyclic) bond motifs is 1. The average Bonchev–Trinajstić information content (AvgIpc) is 2.84. The van der Waals surface area contributed by atoms with Gasteiger partial charge in [-0.05, 0) is 40.8 Å². The highest BCUT2D eigenvalue weighted by Crippen LogP contribution is 2.20. The van der Waals surface area contributed by atoms with Crippen LogP contribution >= 0.6 is 22.6 Å². The molecule has 1 N–H and O–H groups in total. The van der Waals surface area contributed by atoms with Gasteiger partial charge in [0.1, 0.15) is 6.33 Å². The summed E-state index contributed by atoms with van der Waals surface area (Å²) in [6.07, 6.45) is 4.96. The third kappa shape index (κ3) is 2.16. The Bertz CT molecular complexity index is 784. The zero-order valence-electron chi connectivity index (χ0n) is 9.49. The predicted octanol–water partition coefficient (Wildman–Crippen LogP) is 2.12. The van der Waals surface area contributed by atoms with Crippen LogP contribution in [0.3, 0.4) is 0 Å². The van der Waals surface area contributed by atoms with E-state index in [9.17, 15) is 4.79 Å². The molecule has 0 amide bonds. The van der Waals surface area contributed by atoms with Gasteiger partial charge in [0.05, 0.1) is 20.8 Å². The van der Waals surface area contributed by atoms with Crippen LogP contribution in [0.1, 0.15) is 10.4 Å². The second kappa shape index (κ2) is 4.57. The minimum atomic E-state index is -0.976. The largest absolute Gasteiger partial charge is 0.478 e. The lowest BCUT2D eigenvalue weighted by molar-refractivity contribution is 0.0697. The van der Waals surface area contributed by atoms with Gasteiger partial charge in [0.2, 0.25) is 0 Å². The lowest BCUT2D eigenvalue weighted by Gasteiger charge is -2.05. The van der Waals surface area contributed by atoms with Crippen LogP contribution in [-0.4, -0.2) is 30.8 Å². The first-order chi connectivity index (χ1) is 9.15. The SMILES string of the molecule is O=C(O)c1ccc2c(-n3cc(I)cn3)ncnc2c1. The Labute approximate surface area is 121 Å². The molecule has 0 bridgehead atoms. The van der Waals surface area contributed by atoms with E-state index in [1.165, 1.54) is 18.5 Å². The van der Waals surface area contributed by atoms with Gasteiger partial charge >= 0.3 is 5.97 Å². The number of aromatic carboxylic acids is 1. The number of benzene rings is 1. The third-order valence-electron chi connectivity index (χ3n) is 2.63. The van der Waals surface area contributed by atoms with E-state index in [-0.39, 0.29) is 5.56 Å². The van der Waals surface area contributed by atoms with Crippen LogP contribution in [0.2, 0.25) is 0 Å². The van der Waals surface area contributed by atoms with Crippen molar-refractivity contribution in [3.63, 3.8) is 0 Å². The van der Waals surface area contributed by atoms with Crippen LogP contribution in [-0.2, 0) is 0 Å². The van der Waals surface area contributed by atoms with Crippen molar-refractivity contribution in [1.29, 1.82) is 0 Å². The van der Waals surface area contributed by atoms with Crippen molar-refractivity contribution < 1.29 is 9.90 Å². The Morgan fingerprint density at radius 3 is 2.84 bits per heavy atom. The topological polar surface area (TPSA) is 80.9 Å². The summed E-state index contributed by atoms with van der Waals surface area (Å²) >= 11 is 2.16. The molecule has 0 unspecified atom stereocenters. The second-order valence-electron chi connectivity index (χ2n) is 3.84. The molecule has 0 aliphatic rings. The van der Waals surface area contributed by atoms with Crippen molar-refractivity contribution in [2.75, 3.05) is 0 Å². The highest BCUT2D eigenvalue weighted by atomic mass is 127. The number of hydrogen-bond acceptors (Lipinski definition) is 4. The molecule has 0 saturated carbocycles. The smallest absolute Gasteiger partial charge is 0.335 e. The Hall–Kier alpha value is -2.03. The lowest BCUT2D eigenvalue weighted by atomic mass is 10.1. The molecule has 0 aliphatic carbocycles. The van der Waals surface area contributed by atoms with Gasteiger partial charge in [0.15, 0.2) is 5.82 Å². The summed E-state index contributed by atoms with van der Waals surface area (Å²) in [5.74, 6) is -0.347. The maximum Gasteiger partial charge on any atom is 0.335 e. The van der Waals surface area contributed by atoms with E-state index in [2.05, 4.69) is 37.7 Å². The molecule has 19 heavy (non-hydrogen) atoms. The Morgan fingerprint density at radius 1 is 1.32 bits per heavy atom. The molecule has 94 valence electrons. The molecule has 0 atom stereocenters. The lowest BCUT2D eigenvalue weighted by Crippen LogP contribution is -2.01. The predicted molar refractivity (Wildman–Crippen MR) is 76.3 cm³/mol. The fourth-order valence-electron chi connectivity index (χ4n) is 1.78. The quantitative estimate of drug-likeness (QED) is 0.703. The summed E-state index contributed by atoms with van der Waals surface area (Å²) in [5, 5.41) is 13.9. The van der Waals surface area contributed by atoms with E-state index in [1.807, 2.05) is 6.20 Å². The molecule has 1 aromatic carbocycles. The molecule has 0 aliphatic heterocycles. The molecule has 2 heterocycles. The zero-order valence-corrected chi connectivity index (χ0v) is 11.6. The summed E-state index contributed by atoms with van der Waals surface area (Å²) in [7, 11) is 0. The van der Waals surface area contributed by atoms with E-state index in [0.29, 0.717) is 11.3 Å². The van der Waals surface area contributed by atoms with Crippen molar-refractivity contribution in [2.24, 2.45) is 0 Å². The summed E-state index contributed by atoms with van der Waals surface area (Å²) < 4.78 is 2.64. The van der Waals surface area contributed by atoms with Gasteiger partial charge < -0.3 is 5.11 Å². The van der Waals surface area contributed by atoms with Gasteiger partial charge in [-0.2, -0.15) is 5.10 Å². The number of hydrogen-bond donors (Lipinski definition) is 1. The number of carboxylic acids is 1. The molecular formula is C12H7IN4O2. The van der Waals surface area contributed by atoms with E-state index in [1.54, 1.807) is 16.9 Å². The van der Waals surface area contributed by atoms with Crippen molar-refractivity contribution in [2.45, 2.75) is 0 Å². The first-order valence-corrected chi connectivity index (χ1v) is 6.41. The Balaban J connectivity index is 2.24. The van der Waals surface area contributed by atoms with Crippen molar-refractivity contribution in [1.82, 2.24) is 19.7 Å². The van der Waals surface area contributed by atoms with Gasteiger partial charge in [0.25, 0.3) is 0 Å².